The van der Waals surface area contributed by atoms with E-state index in [1.54, 1.807) is 12.1 Å². The standard InChI is InChI=1S/C13H12N2O5/c16-12(17)4-2-8-20-11-6-5-10(15(18)19)13-9(11)3-1-7-14-13/h1,3,5-7H,2,4,8H2,(H,16,17). The SMILES string of the molecule is O=C(O)CCCOc1ccc([N+](=O)[O-])c2ncccc12. The number of hydrogen-bond donors (Lipinski definition) is 1. The molecule has 0 bridgehead atoms. The first-order valence-corrected chi connectivity index (χ1v) is 5.96. The van der Waals surface area contributed by atoms with Crippen LogP contribution < -0.4 is 4.74 Å². The third-order valence-electron chi connectivity index (χ3n) is 2.70. The third kappa shape index (κ3) is 3.00. The minimum absolute atomic E-state index is 0.0170. The van der Waals surface area contributed by atoms with Crippen molar-refractivity contribution < 1.29 is 19.6 Å². The van der Waals surface area contributed by atoms with Gasteiger partial charge in [0, 0.05) is 24.1 Å². The maximum Gasteiger partial charge on any atom is 0.303 e. The quantitative estimate of drug-likeness (QED) is 0.493. The number of aliphatic carboxylic acids is 1. The lowest BCUT2D eigenvalue weighted by Crippen LogP contribution is -2.03. The predicted molar refractivity (Wildman–Crippen MR) is 70.8 cm³/mol. The van der Waals surface area contributed by atoms with Crippen LogP contribution >= 0.6 is 0 Å². The molecule has 0 saturated heterocycles. The highest BCUT2D eigenvalue weighted by Crippen LogP contribution is 2.31. The second-order valence-electron chi connectivity index (χ2n) is 4.09. The van der Waals surface area contributed by atoms with E-state index < -0.39 is 10.9 Å². The van der Waals surface area contributed by atoms with Gasteiger partial charge in [-0.05, 0) is 24.6 Å². The third-order valence-corrected chi connectivity index (χ3v) is 2.70. The number of hydrogen-bond acceptors (Lipinski definition) is 5. The number of pyridine rings is 1. The number of nitro benzene ring substituents is 1. The average Bonchev–Trinajstić information content (AvgIpc) is 2.43. The lowest BCUT2D eigenvalue weighted by atomic mass is 10.1. The van der Waals surface area contributed by atoms with Crippen molar-refractivity contribution in [3.8, 4) is 5.75 Å². The first-order chi connectivity index (χ1) is 9.59. The number of carboxylic acids is 1. The van der Waals surface area contributed by atoms with Crippen molar-refractivity contribution in [3.63, 3.8) is 0 Å². The Kier molecular flexibility index (Phi) is 4.09. The van der Waals surface area contributed by atoms with Gasteiger partial charge in [0.05, 0.1) is 11.5 Å². The highest BCUT2D eigenvalue weighted by Gasteiger charge is 2.15. The summed E-state index contributed by atoms with van der Waals surface area (Å²) in [6.45, 7) is 0.230. The average molecular weight is 276 g/mol. The van der Waals surface area contributed by atoms with E-state index in [9.17, 15) is 14.9 Å². The monoisotopic (exact) mass is 276 g/mol. The summed E-state index contributed by atoms with van der Waals surface area (Å²) < 4.78 is 5.48. The molecule has 20 heavy (non-hydrogen) atoms. The van der Waals surface area contributed by atoms with E-state index in [1.807, 2.05) is 0 Å². The van der Waals surface area contributed by atoms with Gasteiger partial charge in [0.1, 0.15) is 5.75 Å². The molecule has 1 N–H and O–H groups in total. The number of carbonyl (C=O) groups is 1. The molecule has 7 heteroatoms. The first-order valence-electron chi connectivity index (χ1n) is 5.96. The van der Waals surface area contributed by atoms with Gasteiger partial charge in [-0.1, -0.05) is 0 Å². The molecule has 0 aliphatic carbocycles. The molecule has 104 valence electrons. The van der Waals surface area contributed by atoms with Crippen molar-refractivity contribution in [2.24, 2.45) is 0 Å². The normalized spacial score (nSPS) is 10.4. The summed E-state index contributed by atoms with van der Waals surface area (Å²) in [6, 6.07) is 6.18. The van der Waals surface area contributed by atoms with E-state index in [0.717, 1.165) is 0 Å². The van der Waals surface area contributed by atoms with Crippen LogP contribution in [0.15, 0.2) is 30.5 Å². The molecule has 0 saturated carbocycles. The second-order valence-corrected chi connectivity index (χ2v) is 4.09. The van der Waals surface area contributed by atoms with Crippen LogP contribution in [0.25, 0.3) is 10.9 Å². The zero-order chi connectivity index (χ0) is 14.5. The Morgan fingerprint density at radius 2 is 2.20 bits per heavy atom. The van der Waals surface area contributed by atoms with Crippen LogP contribution in [0.5, 0.6) is 5.75 Å². The molecule has 0 aliphatic heterocycles. The number of nitrogens with zero attached hydrogens (tertiary/aromatic N) is 2. The lowest BCUT2D eigenvalue weighted by Gasteiger charge is -2.08. The Morgan fingerprint density at radius 1 is 1.40 bits per heavy atom. The molecule has 0 radical (unpaired) electrons. The van der Waals surface area contributed by atoms with E-state index in [4.69, 9.17) is 9.84 Å². The highest BCUT2D eigenvalue weighted by molar-refractivity contribution is 5.91. The number of nitro groups is 1. The fraction of sp³-hybridized carbons (Fsp3) is 0.231. The maximum absolute atomic E-state index is 10.9. The minimum atomic E-state index is -0.885. The second kappa shape index (κ2) is 5.96. The lowest BCUT2D eigenvalue weighted by molar-refractivity contribution is -0.383. The molecule has 0 fully saturated rings. The van der Waals surface area contributed by atoms with Gasteiger partial charge in [0.25, 0.3) is 5.69 Å². The summed E-state index contributed by atoms with van der Waals surface area (Å²) in [5, 5.41) is 20.0. The van der Waals surface area contributed by atoms with Crippen molar-refractivity contribution in [2.75, 3.05) is 6.61 Å². The summed E-state index contributed by atoms with van der Waals surface area (Å²) in [5.74, 6) is -0.423. The Morgan fingerprint density at radius 3 is 2.90 bits per heavy atom. The summed E-state index contributed by atoms with van der Waals surface area (Å²) in [4.78, 5) is 24.8. The Hall–Kier alpha value is -2.70. The molecule has 0 unspecified atom stereocenters. The van der Waals surface area contributed by atoms with Gasteiger partial charge in [-0.3, -0.25) is 14.9 Å². The predicted octanol–water partition coefficient (Wildman–Crippen LogP) is 2.39. The molecule has 0 atom stereocenters. The molecule has 1 aromatic heterocycles. The van der Waals surface area contributed by atoms with Crippen molar-refractivity contribution >= 4 is 22.6 Å². The van der Waals surface area contributed by atoms with Crippen LogP contribution in [-0.2, 0) is 4.79 Å². The number of fused-ring (bicyclic) bond motifs is 1. The van der Waals surface area contributed by atoms with E-state index >= 15 is 0 Å². The van der Waals surface area contributed by atoms with Crippen LogP contribution in [0.2, 0.25) is 0 Å². The number of aromatic nitrogens is 1. The molecule has 0 amide bonds. The van der Waals surface area contributed by atoms with Gasteiger partial charge in [-0.2, -0.15) is 0 Å². The summed E-state index contributed by atoms with van der Waals surface area (Å²) >= 11 is 0. The number of rotatable bonds is 6. The van der Waals surface area contributed by atoms with Gasteiger partial charge in [-0.25, -0.2) is 4.98 Å². The topological polar surface area (TPSA) is 103 Å². The van der Waals surface area contributed by atoms with Gasteiger partial charge in [0.15, 0.2) is 5.52 Å². The van der Waals surface area contributed by atoms with Gasteiger partial charge in [-0.15, -0.1) is 0 Å². The summed E-state index contributed by atoms with van der Waals surface area (Å²) in [5.41, 5.74) is 0.173. The van der Waals surface area contributed by atoms with Crippen molar-refractivity contribution in [2.45, 2.75) is 12.8 Å². The molecule has 1 aromatic carbocycles. The Labute approximate surface area is 114 Å². The van der Waals surface area contributed by atoms with Crippen molar-refractivity contribution in [1.82, 2.24) is 4.98 Å². The summed E-state index contributed by atoms with van der Waals surface area (Å²) in [6.07, 6.45) is 1.86. The zero-order valence-corrected chi connectivity index (χ0v) is 10.5. The smallest absolute Gasteiger partial charge is 0.303 e. The van der Waals surface area contributed by atoms with Crippen LogP contribution in [0, 0.1) is 10.1 Å². The van der Waals surface area contributed by atoms with Crippen LogP contribution in [0.3, 0.4) is 0 Å². The van der Waals surface area contributed by atoms with Crippen molar-refractivity contribution in [3.05, 3.63) is 40.6 Å². The van der Waals surface area contributed by atoms with Gasteiger partial charge < -0.3 is 9.84 Å². The zero-order valence-electron chi connectivity index (χ0n) is 10.5. The molecular formula is C13H12N2O5. The van der Waals surface area contributed by atoms with E-state index in [1.165, 1.54) is 18.3 Å². The number of carboxylic acid groups (broad SMARTS) is 1. The molecular weight excluding hydrogens is 264 g/mol. The van der Waals surface area contributed by atoms with Gasteiger partial charge in [0.2, 0.25) is 0 Å². The highest BCUT2D eigenvalue weighted by atomic mass is 16.6. The fourth-order valence-corrected chi connectivity index (χ4v) is 1.81. The molecule has 1 heterocycles. The van der Waals surface area contributed by atoms with Crippen LogP contribution in [0.4, 0.5) is 5.69 Å². The fourth-order valence-electron chi connectivity index (χ4n) is 1.81. The number of non-ortho nitro benzene ring substituents is 1. The minimum Gasteiger partial charge on any atom is -0.493 e. The largest absolute Gasteiger partial charge is 0.493 e. The Balaban J connectivity index is 2.24. The van der Waals surface area contributed by atoms with Gasteiger partial charge >= 0.3 is 5.97 Å². The maximum atomic E-state index is 10.9. The van der Waals surface area contributed by atoms with Crippen LogP contribution in [-0.4, -0.2) is 27.6 Å². The number of benzene rings is 1. The number of ether oxygens (including phenoxy) is 1. The molecule has 7 nitrogen and oxygen atoms in total. The Bertz CT molecular complexity index is 656. The van der Waals surface area contributed by atoms with Crippen LogP contribution in [0.1, 0.15) is 12.8 Å². The molecule has 0 aliphatic rings. The molecule has 2 rings (SSSR count). The first kappa shape index (κ1) is 13.7. The van der Waals surface area contributed by atoms with E-state index in [-0.39, 0.29) is 24.2 Å². The summed E-state index contributed by atoms with van der Waals surface area (Å²) in [7, 11) is 0. The van der Waals surface area contributed by atoms with E-state index in [2.05, 4.69) is 4.98 Å². The molecule has 0 spiro atoms. The van der Waals surface area contributed by atoms with Crippen molar-refractivity contribution in [1.29, 1.82) is 0 Å². The van der Waals surface area contributed by atoms with E-state index in [0.29, 0.717) is 17.6 Å². The molecule has 2 aromatic rings.